The molecule has 2 aliphatic heterocycles. The lowest BCUT2D eigenvalue weighted by Gasteiger charge is -2.21. The summed E-state index contributed by atoms with van der Waals surface area (Å²) in [5.74, 6) is 0.212. The largest absolute Gasteiger partial charge is 0.342 e. The maximum Gasteiger partial charge on any atom is 0.199 e. The highest BCUT2D eigenvalue weighted by Gasteiger charge is 2.46. The van der Waals surface area contributed by atoms with E-state index in [4.69, 9.17) is 0 Å². The Bertz CT molecular complexity index is 517. The Morgan fingerprint density at radius 1 is 1.47 bits per heavy atom. The van der Waals surface area contributed by atoms with Gasteiger partial charge in [0.15, 0.2) is 11.6 Å². The molecule has 4 nitrogen and oxygen atoms in total. The molecule has 0 saturated carbocycles. The molecular formula is C14H16FN3O. The van der Waals surface area contributed by atoms with E-state index in [2.05, 4.69) is 10.4 Å². The second-order valence-corrected chi connectivity index (χ2v) is 4.87. The fourth-order valence-corrected chi connectivity index (χ4v) is 2.65. The van der Waals surface area contributed by atoms with Gasteiger partial charge in [-0.05, 0) is 5.56 Å². The summed E-state index contributed by atoms with van der Waals surface area (Å²) in [6, 6.07) is 9.63. The van der Waals surface area contributed by atoms with Crippen LogP contribution < -0.4 is 5.32 Å². The smallest absolute Gasteiger partial charge is 0.199 e. The van der Waals surface area contributed by atoms with Crippen LogP contribution in [0.2, 0.25) is 0 Å². The van der Waals surface area contributed by atoms with Crippen molar-refractivity contribution in [1.82, 2.24) is 10.3 Å². The van der Waals surface area contributed by atoms with Gasteiger partial charge in [0.2, 0.25) is 0 Å². The molecule has 1 saturated heterocycles. The first-order valence-electron chi connectivity index (χ1n) is 6.56. The second-order valence-electron chi connectivity index (χ2n) is 4.87. The molecule has 1 N–H and O–H groups in total. The number of hydrogen-bond donors (Lipinski definition) is 1. The van der Waals surface area contributed by atoms with Gasteiger partial charge < -0.3 is 5.32 Å². The number of nitrogens with one attached hydrogen (secondary N) is 1. The van der Waals surface area contributed by atoms with Crippen LogP contribution >= 0.6 is 0 Å². The predicted molar refractivity (Wildman–Crippen MR) is 70.2 cm³/mol. The van der Waals surface area contributed by atoms with Crippen molar-refractivity contribution < 1.29 is 9.18 Å². The zero-order chi connectivity index (χ0) is 13.4. The molecular weight excluding hydrogens is 245 g/mol. The van der Waals surface area contributed by atoms with Crippen LogP contribution in [0.5, 0.6) is 0 Å². The summed E-state index contributed by atoms with van der Waals surface area (Å²) in [6.45, 7) is 1.78. The minimum Gasteiger partial charge on any atom is -0.342 e. The Morgan fingerprint density at radius 3 is 2.89 bits per heavy atom. The van der Waals surface area contributed by atoms with Crippen LogP contribution in [0.1, 0.15) is 31.4 Å². The average Bonchev–Trinajstić information content (AvgIpc) is 3.00. The minimum atomic E-state index is -1.02. The van der Waals surface area contributed by atoms with E-state index in [9.17, 15) is 9.18 Å². The number of carbonyl (C=O) groups is 1. The molecule has 19 heavy (non-hydrogen) atoms. The third-order valence-corrected chi connectivity index (χ3v) is 3.67. The van der Waals surface area contributed by atoms with Gasteiger partial charge in [0, 0.05) is 12.8 Å². The lowest BCUT2D eigenvalue weighted by molar-refractivity contribution is -0.112. The number of carbonyl (C=O) groups excluding carboxylic acids is 1. The van der Waals surface area contributed by atoms with Gasteiger partial charge in [-0.15, -0.1) is 0 Å². The van der Waals surface area contributed by atoms with Crippen LogP contribution in [0, 0.1) is 0 Å². The predicted octanol–water partition coefficient (Wildman–Crippen LogP) is 1.99. The maximum absolute atomic E-state index is 14.1. The molecule has 1 aromatic rings. The van der Waals surface area contributed by atoms with Gasteiger partial charge >= 0.3 is 0 Å². The Morgan fingerprint density at radius 2 is 2.21 bits per heavy atom. The number of ketones is 1. The third-order valence-electron chi connectivity index (χ3n) is 3.67. The van der Waals surface area contributed by atoms with Gasteiger partial charge in [0.05, 0.1) is 6.04 Å². The van der Waals surface area contributed by atoms with Crippen molar-refractivity contribution in [1.29, 1.82) is 0 Å². The second kappa shape index (κ2) is 4.64. The van der Waals surface area contributed by atoms with Crippen LogP contribution in [0.15, 0.2) is 35.4 Å². The summed E-state index contributed by atoms with van der Waals surface area (Å²) in [6.07, 6.45) is -0.746. The highest BCUT2D eigenvalue weighted by atomic mass is 19.1. The fraction of sp³-hybridized carbons (Fsp3) is 0.429. The van der Waals surface area contributed by atoms with Crippen molar-refractivity contribution in [2.24, 2.45) is 5.10 Å². The summed E-state index contributed by atoms with van der Waals surface area (Å²) in [7, 11) is 0. The van der Waals surface area contributed by atoms with Crippen molar-refractivity contribution in [3.63, 3.8) is 0 Å². The average molecular weight is 261 g/mol. The van der Waals surface area contributed by atoms with E-state index in [0.29, 0.717) is 12.8 Å². The summed E-state index contributed by atoms with van der Waals surface area (Å²) in [5, 5.41) is 8.88. The molecule has 0 radical (unpaired) electrons. The zero-order valence-corrected chi connectivity index (χ0v) is 10.7. The van der Waals surface area contributed by atoms with Crippen LogP contribution in [-0.4, -0.2) is 29.0 Å². The summed E-state index contributed by atoms with van der Waals surface area (Å²) < 4.78 is 14.1. The monoisotopic (exact) mass is 261 g/mol. The van der Waals surface area contributed by atoms with Gasteiger partial charge in [0.25, 0.3) is 0 Å². The molecule has 0 amide bonds. The van der Waals surface area contributed by atoms with Crippen molar-refractivity contribution in [3.8, 4) is 0 Å². The normalized spacial score (nSPS) is 28.8. The molecule has 100 valence electrons. The topological polar surface area (TPSA) is 44.7 Å². The third kappa shape index (κ3) is 1.99. The molecule has 0 spiro atoms. The van der Waals surface area contributed by atoms with Gasteiger partial charge in [-0.1, -0.05) is 37.3 Å². The minimum absolute atomic E-state index is 0.0755. The number of hydrogen-bond acceptors (Lipinski definition) is 4. The highest BCUT2D eigenvalue weighted by Crippen LogP contribution is 2.39. The van der Waals surface area contributed by atoms with Crippen molar-refractivity contribution in [3.05, 3.63) is 35.9 Å². The van der Waals surface area contributed by atoms with Crippen molar-refractivity contribution in [2.75, 3.05) is 0 Å². The highest BCUT2D eigenvalue weighted by molar-refractivity contribution is 6.39. The van der Waals surface area contributed by atoms with E-state index in [0.717, 1.165) is 5.56 Å². The standard InChI is InChI=1S/C14H16FN3O/c1-2-12(19)13-16-14-10(15)8-11(18(14)17-13)9-6-4-3-5-7-9/h3-7,10-11,14H,2,8H2,1H3,(H,16,17)/t10-,11-,14?/m0/s1. The van der Waals surface area contributed by atoms with E-state index < -0.39 is 12.3 Å². The molecule has 0 aromatic heterocycles. The number of Topliss-reactive ketones (excluding diaryl/α,β-unsaturated/α-hetero) is 1. The van der Waals surface area contributed by atoms with Crippen molar-refractivity contribution >= 4 is 11.6 Å². The maximum atomic E-state index is 14.1. The number of benzene rings is 1. The van der Waals surface area contributed by atoms with E-state index >= 15 is 0 Å². The Balaban J connectivity index is 1.89. The Labute approximate surface area is 111 Å². The zero-order valence-electron chi connectivity index (χ0n) is 10.7. The fourth-order valence-electron chi connectivity index (χ4n) is 2.65. The van der Waals surface area contributed by atoms with Crippen LogP contribution in [0.25, 0.3) is 0 Å². The van der Waals surface area contributed by atoms with E-state index in [1.807, 2.05) is 30.3 Å². The van der Waals surface area contributed by atoms with Gasteiger partial charge in [-0.3, -0.25) is 9.80 Å². The quantitative estimate of drug-likeness (QED) is 0.905. The SMILES string of the molecule is CCC(=O)C1=NN2C(N1)[C@@H](F)C[C@H]2c1ccccc1. The number of hydrazone groups is 1. The van der Waals surface area contributed by atoms with E-state index in [-0.39, 0.29) is 17.7 Å². The van der Waals surface area contributed by atoms with Crippen LogP contribution in [0.4, 0.5) is 4.39 Å². The summed E-state index contributed by atoms with van der Waals surface area (Å²) in [5.41, 5.74) is 1.03. The molecule has 0 bridgehead atoms. The van der Waals surface area contributed by atoms with Gasteiger partial charge in [-0.25, -0.2) is 4.39 Å². The first kappa shape index (κ1) is 12.1. The van der Waals surface area contributed by atoms with Crippen LogP contribution in [-0.2, 0) is 4.79 Å². The molecule has 0 aliphatic carbocycles. The van der Waals surface area contributed by atoms with Crippen molar-refractivity contribution in [2.45, 2.75) is 38.1 Å². The molecule has 1 fully saturated rings. The number of alkyl halides is 1. The summed E-state index contributed by atoms with van der Waals surface area (Å²) >= 11 is 0. The molecule has 2 aliphatic rings. The number of nitrogens with zero attached hydrogens (tertiary/aromatic N) is 2. The van der Waals surface area contributed by atoms with E-state index in [1.165, 1.54) is 0 Å². The number of fused-ring (bicyclic) bond motifs is 1. The van der Waals surface area contributed by atoms with Gasteiger partial charge in [0.1, 0.15) is 12.3 Å². The lowest BCUT2D eigenvalue weighted by Crippen LogP contribution is -2.41. The van der Waals surface area contributed by atoms with E-state index in [1.54, 1.807) is 11.9 Å². The lowest BCUT2D eigenvalue weighted by atomic mass is 10.0. The van der Waals surface area contributed by atoms with Gasteiger partial charge in [-0.2, -0.15) is 5.10 Å². The first-order valence-corrected chi connectivity index (χ1v) is 6.56. The Kier molecular flexibility index (Phi) is 2.97. The molecule has 3 rings (SSSR count). The first-order chi connectivity index (χ1) is 9.20. The number of amidine groups is 1. The number of halogens is 1. The molecule has 3 atom stereocenters. The molecule has 1 aromatic carbocycles. The Hall–Kier alpha value is -1.91. The van der Waals surface area contributed by atoms with Crippen LogP contribution in [0.3, 0.4) is 0 Å². The molecule has 1 unspecified atom stereocenters. The molecule has 2 heterocycles. The number of rotatable bonds is 3. The molecule has 5 heteroatoms. The summed E-state index contributed by atoms with van der Waals surface area (Å²) in [4.78, 5) is 11.7.